The van der Waals surface area contributed by atoms with Gasteiger partial charge in [0.25, 0.3) is 0 Å². The van der Waals surface area contributed by atoms with Crippen molar-refractivity contribution in [3.05, 3.63) is 0 Å². The van der Waals surface area contributed by atoms with Gasteiger partial charge in [0.15, 0.2) is 0 Å². The molecule has 0 aromatic heterocycles. The molecule has 0 bridgehead atoms. The Morgan fingerprint density at radius 2 is 1.84 bits per heavy atom. The Balaban J connectivity index is 1.62. The fourth-order valence-electron chi connectivity index (χ4n) is 3.03. The van der Waals surface area contributed by atoms with E-state index in [9.17, 15) is 0 Å². The standard InChI is InChI=1S/C15H31N3O/c1-14(2)16-12-15-4-3-5-18(13-15)7-6-17-8-10-19-11-9-17/h14-16H,3-13H2,1-2H3. The van der Waals surface area contributed by atoms with Crippen molar-refractivity contribution in [3.8, 4) is 0 Å². The molecule has 0 spiro atoms. The molecule has 0 radical (unpaired) electrons. The van der Waals surface area contributed by atoms with E-state index in [-0.39, 0.29) is 0 Å². The molecule has 19 heavy (non-hydrogen) atoms. The van der Waals surface area contributed by atoms with Crippen LogP contribution < -0.4 is 5.32 Å². The molecule has 0 amide bonds. The third-order valence-electron chi connectivity index (χ3n) is 4.25. The first-order valence-corrected chi connectivity index (χ1v) is 8.00. The van der Waals surface area contributed by atoms with Gasteiger partial charge in [0.05, 0.1) is 13.2 Å². The van der Waals surface area contributed by atoms with E-state index < -0.39 is 0 Å². The van der Waals surface area contributed by atoms with E-state index >= 15 is 0 Å². The van der Waals surface area contributed by atoms with Crippen LogP contribution in [0.25, 0.3) is 0 Å². The van der Waals surface area contributed by atoms with E-state index in [2.05, 4.69) is 29.0 Å². The minimum Gasteiger partial charge on any atom is -0.379 e. The lowest BCUT2D eigenvalue weighted by Crippen LogP contribution is -2.45. The van der Waals surface area contributed by atoms with Crippen LogP contribution in [-0.2, 0) is 4.74 Å². The number of hydrogen-bond acceptors (Lipinski definition) is 4. The number of hydrogen-bond donors (Lipinski definition) is 1. The van der Waals surface area contributed by atoms with Crippen LogP contribution in [0.15, 0.2) is 0 Å². The van der Waals surface area contributed by atoms with Gasteiger partial charge >= 0.3 is 0 Å². The van der Waals surface area contributed by atoms with Crippen LogP contribution >= 0.6 is 0 Å². The Labute approximate surface area is 118 Å². The highest BCUT2D eigenvalue weighted by Crippen LogP contribution is 2.15. The second-order valence-electron chi connectivity index (χ2n) is 6.33. The highest BCUT2D eigenvalue weighted by atomic mass is 16.5. The van der Waals surface area contributed by atoms with E-state index in [1.54, 1.807) is 0 Å². The summed E-state index contributed by atoms with van der Waals surface area (Å²) in [4.78, 5) is 5.20. The minimum absolute atomic E-state index is 0.615. The predicted octanol–water partition coefficient (Wildman–Crippen LogP) is 1.03. The molecular weight excluding hydrogens is 238 g/mol. The van der Waals surface area contributed by atoms with E-state index in [1.165, 1.54) is 45.6 Å². The third kappa shape index (κ3) is 5.78. The summed E-state index contributed by atoms with van der Waals surface area (Å²) in [6, 6.07) is 0.615. The first kappa shape index (κ1) is 15.2. The van der Waals surface area contributed by atoms with E-state index in [1.807, 2.05) is 0 Å². The van der Waals surface area contributed by atoms with Gasteiger partial charge in [0, 0.05) is 38.8 Å². The lowest BCUT2D eigenvalue weighted by Gasteiger charge is -2.35. The lowest BCUT2D eigenvalue weighted by molar-refractivity contribution is 0.0308. The molecule has 0 aromatic carbocycles. The van der Waals surface area contributed by atoms with Crippen LogP contribution in [0.4, 0.5) is 0 Å². The molecule has 112 valence electrons. The summed E-state index contributed by atoms with van der Waals surface area (Å²) in [6.45, 7) is 14.8. The monoisotopic (exact) mass is 269 g/mol. The van der Waals surface area contributed by atoms with Crippen molar-refractivity contribution in [2.45, 2.75) is 32.7 Å². The zero-order valence-electron chi connectivity index (χ0n) is 12.7. The minimum atomic E-state index is 0.615. The van der Waals surface area contributed by atoms with Crippen LogP contribution in [0.1, 0.15) is 26.7 Å². The Morgan fingerprint density at radius 3 is 2.58 bits per heavy atom. The zero-order valence-corrected chi connectivity index (χ0v) is 12.7. The Kier molecular flexibility index (Phi) is 6.57. The predicted molar refractivity (Wildman–Crippen MR) is 79.6 cm³/mol. The Morgan fingerprint density at radius 1 is 1.11 bits per heavy atom. The van der Waals surface area contributed by atoms with Gasteiger partial charge in [0.2, 0.25) is 0 Å². The molecule has 0 aliphatic carbocycles. The molecule has 2 fully saturated rings. The normalized spacial score (nSPS) is 27.0. The van der Waals surface area contributed by atoms with Gasteiger partial charge < -0.3 is 15.0 Å². The fourth-order valence-corrected chi connectivity index (χ4v) is 3.03. The maximum atomic E-state index is 5.40. The maximum absolute atomic E-state index is 5.40. The molecule has 1 atom stereocenters. The molecule has 2 heterocycles. The van der Waals surface area contributed by atoms with Crippen molar-refractivity contribution in [3.63, 3.8) is 0 Å². The van der Waals surface area contributed by atoms with E-state index in [4.69, 9.17) is 4.74 Å². The summed E-state index contributed by atoms with van der Waals surface area (Å²) in [5.74, 6) is 0.848. The number of ether oxygens (including phenoxy) is 1. The van der Waals surface area contributed by atoms with Crippen LogP contribution in [0, 0.1) is 5.92 Å². The van der Waals surface area contributed by atoms with Gasteiger partial charge in [-0.05, 0) is 31.8 Å². The van der Waals surface area contributed by atoms with E-state index in [0.29, 0.717) is 6.04 Å². The van der Waals surface area contributed by atoms with Gasteiger partial charge in [-0.15, -0.1) is 0 Å². The molecule has 4 heteroatoms. The van der Waals surface area contributed by atoms with E-state index in [0.717, 1.165) is 32.2 Å². The van der Waals surface area contributed by atoms with Crippen molar-refractivity contribution in [2.75, 3.05) is 59.0 Å². The summed E-state index contributed by atoms with van der Waals surface area (Å²) in [6.07, 6.45) is 2.77. The van der Waals surface area contributed by atoms with Gasteiger partial charge in [-0.1, -0.05) is 13.8 Å². The first-order valence-electron chi connectivity index (χ1n) is 8.00. The average molecular weight is 269 g/mol. The fraction of sp³-hybridized carbons (Fsp3) is 1.00. The SMILES string of the molecule is CC(C)NCC1CCCN(CCN2CCOCC2)C1. The lowest BCUT2D eigenvalue weighted by atomic mass is 9.98. The van der Waals surface area contributed by atoms with Gasteiger partial charge in [-0.2, -0.15) is 0 Å². The summed E-state index contributed by atoms with van der Waals surface area (Å²) < 4.78 is 5.40. The number of morpholine rings is 1. The molecule has 4 nitrogen and oxygen atoms in total. The number of piperidine rings is 1. The highest BCUT2D eigenvalue weighted by Gasteiger charge is 2.20. The average Bonchev–Trinajstić information content (AvgIpc) is 2.44. The van der Waals surface area contributed by atoms with Gasteiger partial charge in [0.1, 0.15) is 0 Å². The number of rotatable bonds is 6. The smallest absolute Gasteiger partial charge is 0.0594 e. The molecule has 1 N–H and O–H groups in total. The number of nitrogens with zero attached hydrogens (tertiary/aromatic N) is 2. The highest BCUT2D eigenvalue weighted by molar-refractivity contribution is 4.76. The van der Waals surface area contributed by atoms with Gasteiger partial charge in [-0.25, -0.2) is 0 Å². The Bertz CT molecular complexity index is 242. The quantitative estimate of drug-likeness (QED) is 0.779. The van der Waals surface area contributed by atoms with Gasteiger partial charge in [-0.3, -0.25) is 4.90 Å². The topological polar surface area (TPSA) is 27.7 Å². The van der Waals surface area contributed by atoms with Crippen LogP contribution in [0.5, 0.6) is 0 Å². The first-order chi connectivity index (χ1) is 9.24. The summed E-state index contributed by atoms with van der Waals surface area (Å²) in [5.41, 5.74) is 0. The molecule has 0 saturated carbocycles. The summed E-state index contributed by atoms with van der Waals surface area (Å²) >= 11 is 0. The van der Waals surface area contributed by atoms with Crippen molar-refractivity contribution >= 4 is 0 Å². The van der Waals surface area contributed by atoms with Crippen LogP contribution in [0.3, 0.4) is 0 Å². The molecule has 2 rings (SSSR count). The molecular formula is C15H31N3O. The number of nitrogens with one attached hydrogen (secondary N) is 1. The van der Waals surface area contributed by atoms with Crippen LogP contribution in [0.2, 0.25) is 0 Å². The third-order valence-corrected chi connectivity index (χ3v) is 4.25. The molecule has 2 saturated heterocycles. The van der Waals surface area contributed by atoms with Crippen molar-refractivity contribution < 1.29 is 4.74 Å². The molecule has 2 aliphatic rings. The largest absolute Gasteiger partial charge is 0.379 e. The van der Waals surface area contributed by atoms with Crippen LogP contribution in [-0.4, -0.2) is 74.9 Å². The number of likely N-dealkylation sites (tertiary alicyclic amines) is 1. The Hall–Kier alpha value is -0.160. The molecule has 2 aliphatic heterocycles. The molecule has 1 unspecified atom stereocenters. The second kappa shape index (κ2) is 8.20. The zero-order chi connectivity index (χ0) is 13.5. The summed E-state index contributed by atoms with van der Waals surface area (Å²) in [5, 5.41) is 3.59. The molecule has 0 aromatic rings. The van der Waals surface area contributed by atoms with Crippen molar-refractivity contribution in [1.82, 2.24) is 15.1 Å². The summed E-state index contributed by atoms with van der Waals surface area (Å²) in [7, 11) is 0. The second-order valence-corrected chi connectivity index (χ2v) is 6.33. The van der Waals surface area contributed by atoms with Crippen molar-refractivity contribution in [1.29, 1.82) is 0 Å². The maximum Gasteiger partial charge on any atom is 0.0594 e. The van der Waals surface area contributed by atoms with Crippen molar-refractivity contribution in [2.24, 2.45) is 5.92 Å².